The van der Waals surface area contributed by atoms with Gasteiger partial charge < -0.3 is 16.4 Å². The third-order valence-corrected chi connectivity index (χ3v) is 6.16. The fourth-order valence-corrected chi connectivity index (χ4v) is 4.32. The van der Waals surface area contributed by atoms with E-state index in [0.717, 1.165) is 6.07 Å². The van der Waals surface area contributed by atoms with Crippen LogP contribution < -0.4 is 16.4 Å². The highest BCUT2D eigenvalue weighted by Gasteiger charge is 2.36. The molecule has 0 saturated carbocycles. The van der Waals surface area contributed by atoms with E-state index >= 15 is 0 Å². The van der Waals surface area contributed by atoms with Crippen LogP contribution in [-0.2, 0) is 14.9 Å². The molecular formula is C24H19N3O6S. The molecule has 34 heavy (non-hydrogen) atoms. The number of hydrogen-bond acceptors (Lipinski definition) is 7. The summed E-state index contributed by atoms with van der Waals surface area (Å²) >= 11 is 0. The molecule has 0 fully saturated rings. The highest BCUT2D eigenvalue weighted by atomic mass is 32.2. The molecular weight excluding hydrogens is 458 g/mol. The topological polar surface area (TPSA) is 156 Å². The SMILES string of the molecule is C=C(C)C(=O)Nc1cccc(Nc2cc(S(=O)(=O)O)c(N)c3c2C(=O)c2ccccc2C3=O)c1. The third kappa shape index (κ3) is 3.96. The Kier molecular flexibility index (Phi) is 5.56. The monoisotopic (exact) mass is 477 g/mol. The largest absolute Gasteiger partial charge is 0.397 e. The lowest BCUT2D eigenvalue weighted by Gasteiger charge is -2.23. The molecule has 9 nitrogen and oxygen atoms in total. The van der Waals surface area contributed by atoms with E-state index in [0.29, 0.717) is 16.9 Å². The van der Waals surface area contributed by atoms with Crippen molar-refractivity contribution in [3.8, 4) is 0 Å². The van der Waals surface area contributed by atoms with E-state index < -0.39 is 38.2 Å². The molecule has 0 heterocycles. The average Bonchev–Trinajstić information content (AvgIpc) is 2.77. The van der Waals surface area contributed by atoms with Crippen LogP contribution in [0.2, 0.25) is 0 Å². The lowest BCUT2D eigenvalue weighted by molar-refractivity contribution is -0.112. The summed E-state index contributed by atoms with van der Waals surface area (Å²) in [7, 11) is -4.83. The van der Waals surface area contributed by atoms with Crippen molar-refractivity contribution in [2.75, 3.05) is 16.4 Å². The second kappa shape index (κ2) is 8.25. The highest BCUT2D eigenvalue weighted by Crippen LogP contribution is 2.40. The second-order valence-electron chi connectivity index (χ2n) is 7.71. The second-order valence-corrected chi connectivity index (χ2v) is 9.10. The van der Waals surface area contributed by atoms with E-state index in [1.165, 1.54) is 12.1 Å². The summed E-state index contributed by atoms with van der Waals surface area (Å²) in [5.41, 5.74) is 6.27. The predicted octanol–water partition coefficient (Wildman–Crippen LogP) is 3.55. The molecule has 0 aromatic heterocycles. The van der Waals surface area contributed by atoms with Crippen LogP contribution in [0.3, 0.4) is 0 Å². The van der Waals surface area contributed by atoms with Crippen molar-refractivity contribution in [3.05, 3.63) is 89.0 Å². The average molecular weight is 477 g/mol. The normalized spacial score (nSPS) is 12.5. The summed E-state index contributed by atoms with van der Waals surface area (Å²) < 4.78 is 33.7. The van der Waals surface area contributed by atoms with Crippen LogP contribution in [0.15, 0.2) is 71.6 Å². The number of carbonyl (C=O) groups excluding carboxylic acids is 3. The molecule has 0 saturated heterocycles. The fraction of sp³-hybridized carbons (Fsp3) is 0.0417. The molecule has 10 heteroatoms. The van der Waals surface area contributed by atoms with Gasteiger partial charge in [-0.25, -0.2) is 0 Å². The zero-order valence-electron chi connectivity index (χ0n) is 17.9. The summed E-state index contributed by atoms with van der Waals surface area (Å²) in [5, 5.41) is 5.57. The van der Waals surface area contributed by atoms with Gasteiger partial charge in [0.1, 0.15) is 4.90 Å². The van der Waals surface area contributed by atoms with Gasteiger partial charge in [0.05, 0.1) is 22.5 Å². The summed E-state index contributed by atoms with van der Waals surface area (Å²) in [6.45, 7) is 5.13. The van der Waals surface area contributed by atoms with Gasteiger partial charge in [-0.15, -0.1) is 0 Å². The number of nitrogen functional groups attached to an aromatic ring is 1. The van der Waals surface area contributed by atoms with Gasteiger partial charge in [0.15, 0.2) is 11.6 Å². The Morgan fingerprint density at radius 1 is 0.941 bits per heavy atom. The van der Waals surface area contributed by atoms with Crippen LogP contribution in [-0.4, -0.2) is 30.4 Å². The number of benzene rings is 3. The van der Waals surface area contributed by atoms with E-state index in [9.17, 15) is 27.4 Å². The van der Waals surface area contributed by atoms with Gasteiger partial charge in [-0.3, -0.25) is 18.9 Å². The molecule has 1 aliphatic carbocycles. The lowest BCUT2D eigenvalue weighted by Crippen LogP contribution is -2.25. The van der Waals surface area contributed by atoms with E-state index in [-0.39, 0.29) is 27.9 Å². The molecule has 3 aromatic carbocycles. The van der Waals surface area contributed by atoms with Crippen molar-refractivity contribution in [2.45, 2.75) is 11.8 Å². The molecule has 172 valence electrons. The Bertz CT molecular complexity index is 1530. The van der Waals surface area contributed by atoms with Crippen LogP contribution in [0.5, 0.6) is 0 Å². The van der Waals surface area contributed by atoms with Gasteiger partial charge in [-0.2, -0.15) is 8.42 Å². The number of nitrogens with two attached hydrogens (primary N) is 1. The smallest absolute Gasteiger partial charge is 0.296 e. The Morgan fingerprint density at radius 2 is 1.53 bits per heavy atom. The first kappa shape index (κ1) is 22.9. The first-order valence-corrected chi connectivity index (χ1v) is 11.4. The molecule has 1 aliphatic rings. The van der Waals surface area contributed by atoms with Crippen molar-refractivity contribution in [3.63, 3.8) is 0 Å². The van der Waals surface area contributed by atoms with E-state index in [1.54, 1.807) is 43.3 Å². The molecule has 0 spiro atoms. The molecule has 0 unspecified atom stereocenters. The molecule has 0 aliphatic heterocycles. The number of ketones is 2. The summed E-state index contributed by atoms with van der Waals surface area (Å²) in [5.74, 6) is -1.57. The van der Waals surface area contributed by atoms with Crippen LogP contribution in [0.4, 0.5) is 22.7 Å². The number of anilines is 4. The Labute approximate surface area is 195 Å². The fourth-order valence-electron chi connectivity index (χ4n) is 3.67. The van der Waals surface area contributed by atoms with Gasteiger partial charge in [0.2, 0.25) is 0 Å². The Morgan fingerprint density at radius 3 is 2.12 bits per heavy atom. The minimum atomic E-state index is -4.83. The first-order chi connectivity index (χ1) is 16.0. The molecule has 4 rings (SSSR count). The zero-order valence-corrected chi connectivity index (χ0v) is 18.7. The number of hydrogen-bond donors (Lipinski definition) is 4. The van der Waals surface area contributed by atoms with E-state index in [2.05, 4.69) is 17.2 Å². The Hall–Kier alpha value is -4.28. The van der Waals surface area contributed by atoms with Gasteiger partial charge in [0, 0.05) is 28.1 Å². The van der Waals surface area contributed by atoms with Crippen molar-refractivity contribution in [1.82, 2.24) is 0 Å². The summed E-state index contributed by atoms with van der Waals surface area (Å²) in [4.78, 5) is 37.8. The standard InChI is InChI=1S/C24H19N3O6S/c1-12(2)24(30)27-14-7-5-6-13(10-14)26-17-11-18(34(31,32)33)21(25)20-19(17)22(28)15-8-3-4-9-16(15)23(20)29/h3-11,26H,1,25H2,2H3,(H,27,30)(H,31,32,33). The highest BCUT2D eigenvalue weighted by molar-refractivity contribution is 7.86. The van der Waals surface area contributed by atoms with Crippen LogP contribution in [0, 0.1) is 0 Å². The quantitative estimate of drug-likeness (QED) is 0.193. The van der Waals surface area contributed by atoms with Gasteiger partial charge in [-0.1, -0.05) is 36.9 Å². The minimum absolute atomic E-state index is 0.0481. The van der Waals surface area contributed by atoms with Gasteiger partial charge in [0.25, 0.3) is 16.0 Å². The van der Waals surface area contributed by atoms with Crippen LogP contribution in [0.1, 0.15) is 38.8 Å². The molecule has 0 radical (unpaired) electrons. The number of carbonyl (C=O) groups is 3. The summed E-state index contributed by atoms with van der Waals surface area (Å²) in [6, 6.07) is 13.5. The van der Waals surface area contributed by atoms with Crippen LogP contribution >= 0.6 is 0 Å². The van der Waals surface area contributed by atoms with Crippen molar-refractivity contribution >= 4 is 50.3 Å². The zero-order chi connectivity index (χ0) is 24.8. The number of fused-ring (bicyclic) bond motifs is 2. The first-order valence-electron chi connectivity index (χ1n) is 9.95. The third-order valence-electron chi connectivity index (χ3n) is 5.26. The molecule has 0 atom stereocenters. The van der Waals surface area contributed by atoms with Crippen molar-refractivity contribution in [2.24, 2.45) is 0 Å². The summed E-state index contributed by atoms with van der Waals surface area (Å²) in [6.07, 6.45) is 0. The van der Waals surface area contributed by atoms with E-state index in [4.69, 9.17) is 5.73 Å². The number of nitrogens with one attached hydrogen (secondary N) is 2. The maximum Gasteiger partial charge on any atom is 0.296 e. The maximum atomic E-state index is 13.3. The molecule has 5 N–H and O–H groups in total. The minimum Gasteiger partial charge on any atom is -0.397 e. The number of rotatable bonds is 5. The number of amides is 1. The van der Waals surface area contributed by atoms with Crippen molar-refractivity contribution < 1.29 is 27.4 Å². The molecule has 0 bridgehead atoms. The van der Waals surface area contributed by atoms with E-state index in [1.807, 2.05) is 0 Å². The molecule has 3 aromatic rings. The van der Waals surface area contributed by atoms with Gasteiger partial charge >= 0.3 is 0 Å². The van der Waals surface area contributed by atoms with Crippen molar-refractivity contribution in [1.29, 1.82) is 0 Å². The lowest BCUT2D eigenvalue weighted by atomic mass is 9.82. The Balaban J connectivity index is 1.89. The molecule has 1 amide bonds. The van der Waals surface area contributed by atoms with Gasteiger partial charge in [-0.05, 0) is 31.2 Å². The predicted molar refractivity (Wildman–Crippen MR) is 127 cm³/mol. The maximum absolute atomic E-state index is 13.3. The van der Waals surface area contributed by atoms with Crippen LogP contribution in [0.25, 0.3) is 0 Å².